The molecule has 154 valence electrons. The molecule has 2 aromatic rings. The molecule has 0 aliphatic heterocycles. The van der Waals surface area contributed by atoms with E-state index in [1.165, 1.54) is 24.3 Å². The van der Waals surface area contributed by atoms with E-state index in [0.29, 0.717) is 49.5 Å². The van der Waals surface area contributed by atoms with E-state index in [0.717, 1.165) is 5.56 Å². The standard InChI is InChI=1S/C22H25NO6/c1-3-27-19-10-7-16(13-20(19)28-4-2)11-12-23-21(25)15-29-22(26)18-8-5-17(14-24)6-9-18/h5-10,13-14H,3-4,11-12,15H2,1-2H3,(H,23,25). The molecular formula is C22H25NO6. The summed E-state index contributed by atoms with van der Waals surface area (Å²) in [5.74, 6) is 0.354. The molecule has 0 aromatic heterocycles. The first-order valence-electron chi connectivity index (χ1n) is 9.45. The number of esters is 1. The maximum absolute atomic E-state index is 11.9. The Kier molecular flexibility index (Phi) is 8.69. The van der Waals surface area contributed by atoms with Gasteiger partial charge in [-0.1, -0.05) is 18.2 Å². The lowest BCUT2D eigenvalue weighted by Crippen LogP contribution is -2.30. The predicted octanol–water partition coefficient (Wildman–Crippen LogP) is 2.81. The molecule has 0 saturated carbocycles. The molecule has 29 heavy (non-hydrogen) atoms. The molecule has 0 bridgehead atoms. The zero-order valence-electron chi connectivity index (χ0n) is 16.6. The molecule has 0 aliphatic rings. The van der Waals surface area contributed by atoms with Crippen molar-refractivity contribution in [1.82, 2.24) is 5.32 Å². The van der Waals surface area contributed by atoms with Gasteiger partial charge in [0.05, 0.1) is 18.8 Å². The first-order chi connectivity index (χ1) is 14.1. The molecule has 2 aromatic carbocycles. The van der Waals surface area contributed by atoms with Gasteiger partial charge in [-0.2, -0.15) is 0 Å². The van der Waals surface area contributed by atoms with Gasteiger partial charge in [0.15, 0.2) is 18.1 Å². The molecular weight excluding hydrogens is 374 g/mol. The summed E-state index contributed by atoms with van der Waals surface area (Å²) in [5.41, 5.74) is 1.73. The molecule has 7 nitrogen and oxygen atoms in total. The highest BCUT2D eigenvalue weighted by molar-refractivity contribution is 5.92. The van der Waals surface area contributed by atoms with Gasteiger partial charge in [0.25, 0.3) is 5.91 Å². The second-order valence-corrected chi connectivity index (χ2v) is 6.06. The fraction of sp³-hybridized carbons (Fsp3) is 0.318. The highest BCUT2D eigenvalue weighted by Crippen LogP contribution is 2.28. The summed E-state index contributed by atoms with van der Waals surface area (Å²) in [6, 6.07) is 11.6. The maximum atomic E-state index is 11.9. The summed E-state index contributed by atoms with van der Waals surface area (Å²) >= 11 is 0. The van der Waals surface area contributed by atoms with E-state index in [1.54, 1.807) is 0 Å². The maximum Gasteiger partial charge on any atom is 0.338 e. The molecule has 7 heteroatoms. The Morgan fingerprint density at radius 2 is 1.66 bits per heavy atom. The average Bonchev–Trinajstić information content (AvgIpc) is 2.74. The van der Waals surface area contributed by atoms with E-state index in [4.69, 9.17) is 14.2 Å². The molecule has 0 heterocycles. The Morgan fingerprint density at radius 1 is 0.966 bits per heavy atom. The number of hydrogen-bond donors (Lipinski definition) is 1. The van der Waals surface area contributed by atoms with Crippen LogP contribution in [0.3, 0.4) is 0 Å². The number of hydrogen-bond acceptors (Lipinski definition) is 6. The monoisotopic (exact) mass is 399 g/mol. The topological polar surface area (TPSA) is 90.9 Å². The van der Waals surface area contributed by atoms with Crippen molar-refractivity contribution in [2.45, 2.75) is 20.3 Å². The van der Waals surface area contributed by atoms with Gasteiger partial charge in [-0.3, -0.25) is 9.59 Å². The number of nitrogens with one attached hydrogen (secondary N) is 1. The van der Waals surface area contributed by atoms with Crippen molar-refractivity contribution in [3.63, 3.8) is 0 Å². The van der Waals surface area contributed by atoms with E-state index >= 15 is 0 Å². The molecule has 0 radical (unpaired) electrons. The molecule has 0 unspecified atom stereocenters. The summed E-state index contributed by atoms with van der Waals surface area (Å²) in [5, 5.41) is 2.71. The second-order valence-electron chi connectivity index (χ2n) is 6.06. The van der Waals surface area contributed by atoms with Gasteiger partial charge in [0.2, 0.25) is 0 Å². The number of amides is 1. The summed E-state index contributed by atoms with van der Waals surface area (Å²) in [6.45, 7) is 4.91. The van der Waals surface area contributed by atoms with Crippen LogP contribution in [0.25, 0.3) is 0 Å². The number of carbonyl (C=O) groups is 3. The molecule has 1 amide bonds. The SMILES string of the molecule is CCOc1ccc(CCNC(=O)COC(=O)c2ccc(C=O)cc2)cc1OCC. The predicted molar refractivity (Wildman–Crippen MR) is 108 cm³/mol. The third-order valence-electron chi connectivity index (χ3n) is 3.96. The summed E-state index contributed by atoms with van der Waals surface area (Å²) < 4.78 is 16.1. The zero-order chi connectivity index (χ0) is 21.1. The molecule has 0 fully saturated rings. The lowest BCUT2D eigenvalue weighted by atomic mass is 10.1. The summed E-state index contributed by atoms with van der Waals surface area (Å²) in [6.07, 6.45) is 1.28. The zero-order valence-corrected chi connectivity index (χ0v) is 16.6. The third kappa shape index (κ3) is 6.95. The first-order valence-corrected chi connectivity index (χ1v) is 9.45. The van der Waals surface area contributed by atoms with Crippen LogP contribution in [0.1, 0.15) is 40.1 Å². The van der Waals surface area contributed by atoms with Crippen LogP contribution in [0, 0.1) is 0 Å². The van der Waals surface area contributed by atoms with Crippen molar-refractivity contribution in [2.75, 3.05) is 26.4 Å². The molecule has 0 aliphatic carbocycles. The summed E-state index contributed by atoms with van der Waals surface area (Å²) in [7, 11) is 0. The Hall–Kier alpha value is -3.35. The van der Waals surface area contributed by atoms with Crippen LogP contribution in [-0.4, -0.2) is 44.5 Å². The van der Waals surface area contributed by atoms with Crippen molar-refractivity contribution in [3.05, 3.63) is 59.2 Å². The molecule has 0 atom stereocenters. The number of rotatable bonds is 11. The molecule has 0 spiro atoms. The Bertz CT molecular complexity index is 832. The van der Waals surface area contributed by atoms with Crippen LogP contribution in [0.5, 0.6) is 11.5 Å². The van der Waals surface area contributed by atoms with Gasteiger partial charge in [0, 0.05) is 12.1 Å². The molecule has 1 N–H and O–H groups in total. The van der Waals surface area contributed by atoms with Crippen molar-refractivity contribution in [2.24, 2.45) is 0 Å². The minimum absolute atomic E-state index is 0.279. The first kappa shape index (κ1) is 21.9. The number of carbonyl (C=O) groups excluding carboxylic acids is 3. The van der Waals surface area contributed by atoms with Crippen LogP contribution in [0.15, 0.2) is 42.5 Å². The van der Waals surface area contributed by atoms with Gasteiger partial charge in [-0.25, -0.2) is 4.79 Å². The number of benzene rings is 2. The van der Waals surface area contributed by atoms with Crippen LogP contribution >= 0.6 is 0 Å². The summed E-state index contributed by atoms with van der Waals surface area (Å²) in [4.78, 5) is 34.4. The van der Waals surface area contributed by atoms with Crippen molar-refractivity contribution in [1.29, 1.82) is 0 Å². The number of ether oxygens (including phenoxy) is 3. The third-order valence-corrected chi connectivity index (χ3v) is 3.96. The largest absolute Gasteiger partial charge is 0.490 e. The highest BCUT2D eigenvalue weighted by atomic mass is 16.5. The minimum Gasteiger partial charge on any atom is -0.490 e. The number of aldehydes is 1. The van der Waals surface area contributed by atoms with Gasteiger partial charge >= 0.3 is 5.97 Å². The smallest absolute Gasteiger partial charge is 0.338 e. The van der Waals surface area contributed by atoms with Crippen molar-refractivity contribution < 1.29 is 28.6 Å². The van der Waals surface area contributed by atoms with E-state index in [1.807, 2.05) is 32.0 Å². The van der Waals surface area contributed by atoms with E-state index in [9.17, 15) is 14.4 Å². The quantitative estimate of drug-likeness (QED) is 0.462. The van der Waals surface area contributed by atoms with Crippen LogP contribution in [0.2, 0.25) is 0 Å². The van der Waals surface area contributed by atoms with E-state index < -0.39 is 5.97 Å². The highest BCUT2D eigenvalue weighted by Gasteiger charge is 2.11. The normalized spacial score (nSPS) is 10.1. The second kappa shape index (κ2) is 11.5. The van der Waals surface area contributed by atoms with Crippen LogP contribution in [-0.2, 0) is 16.0 Å². The molecule has 2 rings (SSSR count). The van der Waals surface area contributed by atoms with Gasteiger partial charge in [-0.15, -0.1) is 0 Å². The van der Waals surface area contributed by atoms with Crippen LogP contribution in [0.4, 0.5) is 0 Å². The fourth-order valence-corrected chi connectivity index (χ4v) is 2.56. The fourth-order valence-electron chi connectivity index (χ4n) is 2.56. The van der Waals surface area contributed by atoms with Gasteiger partial charge in [-0.05, 0) is 50.1 Å². The van der Waals surface area contributed by atoms with Gasteiger partial charge in [0.1, 0.15) is 6.29 Å². The van der Waals surface area contributed by atoms with Crippen molar-refractivity contribution in [3.8, 4) is 11.5 Å². The Morgan fingerprint density at radius 3 is 2.31 bits per heavy atom. The Balaban J connectivity index is 1.78. The van der Waals surface area contributed by atoms with Crippen molar-refractivity contribution >= 4 is 18.2 Å². The minimum atomic E-state index is -0.620. The Labute approximate surface area is 170 Å². The van der Waals surface area contributed by atoms with Crippen LogP contribution < -0.4 is 14.8 Å². The van der Waals surface area contributed by atoms with E-state index in [-0.39, 0.29) is 18.1 Å². The van der Waals surface area contributed by atoms with E-state index in [2.05, 4.69) is 5.32 Å². The van der Waals surface area contributed by atoms with Gasteiger partial charge < -0.3 is 19.5 Å². The lowest BCUT2D eigenvalue weighted by molar-refractivity contribution is -0.124. The lowest BCUT2D eigenvalue weighted by Gasteiger charge is -2.12. The molecule has 0 saturated heterocycles. The average molecular weight is 399 g/mol.